The van der Waals surface area contributed by atoms with E-state index in [-0.39, 0.29) is 31.1 Å². The van der Waals surface area contributed by atoms with E-state index < -0.39 is 6.10 Å². The van der Waals surface area contributed by atoms with Crippen molar-refractivity contribution in [3.8, 4) is 0 Å². The van der Waals surface area contributed by atoms with Gasteiger partial charge in [0.05, 0.1) is 0 Å². The van der Waals surface area contributed by atoms with E-state index in [4.69, 9.17) is 14.2 Å². The van der Waals surface area contributed by atoms with Crippen LogP contribution < -0.4 is 0 Å². The van der Waals surface area contributed by atoms with Crippen molar-refractivity contribution in [3.63, 3.8) is 0 Å². The molecule has 72 heavy (non-hydrogen) atoms. The Hall–Kier alpha value is -2.89. The van der Waals surface area contributed by atoms with Crippen molar-refractivity contribution in [2.75, 3.05) is 13.2 Å². The Morgan fingerprint density at radius 3 is 0.847 bits per heavy atom. The van der Waals surface area contributed by atoms with Crippen LogP contribution in [0.25, 0.3) is 0 Å². The standard InChI is InChI=1S/C66H118O6/c1-4-7-10-13-15-17-19-21-23-25-27-29-31-33-35-36-38-40-42-44-46-48-50-53-56-59-65(68)71-62-63(61-70-64(67)58-55-52-12-9-6-3)72-66(69)60-57-54-51-49-47-45-43-41-39-37-34-32-30-28-26-24-22-20-18-16-14-11-8-5-2/h7,10,15,17,21,23,27,29,33,35,63H,4-6,8-9,11-14,16,18-20,22,24-26,28,30-32,34,36-62H2,1-3H3/b10-7-,17-15-,23-21-,29-27-,35-33-. The molecule has 0 bridgehead atoms. The van der Waals surface area contributed by atoms with Crippen LogP contribution in [0.5, 0.6) is 0 Å². The summed E-state index contributed by atoms with van der Waals surface area (Å²) >= 11 is 0. The topological polar surface area (TPSA) is 78.9 Å². The second-order valence-electron chi connectivity index (χ2n) is 21.0. The summed E-state index contributed by atoms with van der Waals surface area (Å²) in [5, 5.41) is 0. The third-order valence-corrected chi connectivity index (χ3v) is 13.8. The number of unbranched alkanes of at least 4 members (excludes halogenated alkanes) is 36. The summed E-state index contributed by atoms with van der Waals surface area (Å²) in [4.78, 5) is 37.9. The molecule has 0 saturated heterocycles. The van der Waals surface area contributed by atoms with Gasteiger partial charge < -0.3 is 14.2 Å². The van der Waals surface area contributed by atoms with Gasteiger partial charge in [0, 0.05) is 19.3 Å². The quantitative estimate of drug-likeness (QED) is 0.0261. The molecule has 0 amide bonds. The smallest absolute Gasteiger partial charge is 0.306 e. The number of hydrogen-bond acceptors (Lipinski definition) is 6. The molecule has 0 heterocycles. The van der Waals surface area contributed by atoms with Gasteiger partial charge in [0.2, 0.25) is 0 Å². The minimum atomic E-state index is -0.771. The Kier molecular flexibility index (Phi) is 58.2. The zero-order valence-electron chi connectivity index (χ0n) is 47.9. The molecule has 0 N–H and O–H groups in total. The van der Waals surface area contributed by atoms with E-state index in [0.29, 0.717) is 19.3 Å². The molecule has 0 saturated carbocycles. The van der Waals surface area contributed by atoms with Crippen LogP contribution in [-0.4, -0.2) is 37.2 Å². The van der Waals surface area contributed by atoms with Crippen molar-refractivity contribution in [3.05, 3.63) is 60.8 Å². The van der Waals surface area contributed by atoms with Crippen LogP contribution in [0.2, 0.25) is 0 Å². The van der Waals surface area contributed by atoms with Crippen molar-refractivity contribution in [1.29, 1.82) is 0 Å². The maximum Gasteiger partial charge on any atom is 0.306 e. The van der Waals surface area contributed by atoms with Crippen LogP contribution in [0, 0.1) is 0 Å². The maximum absolute atomic E-state index is 12.8. The molecule has 6 nitrogen and oxygen atoms in total. The molecule has 0 radical (unpaired) electrons. The van der Waals surface area contributed by atoms with Gasteiger partial charge in [-0.3, -0.25) is 14.4 Å². The van der Waals surface area contributed by atoms with Crippen LogP contribution in [0.4, 0.5) is 0 Å². The normalized spacial score (nSPS) is 12.4. The fraction of sp³-hybridized carbons (Fsp3) is 0.803. The Balaban J connectivity index is 4.04. The molecular formula is C66H118O6. The molecule has 0 aliphatic rings. The highest BCUT2D eigenvalue weighted by atomic mass is 16.6. The van der Waals surface area contributed by atoms with Crippen LogP contribution in [0.3, 0.4) is 0 Å². The largest absolute Gasteiger partial charge is 0.462 e. The molecule has 0 fully saturated rings. The second-order valence-corrected chi connectivity index (χ2v) is 21.0. The van der Waals surface area contributed by atoms with Crippen molar-refractivity contribution in [2.45, 2.75) is 329 Å². The van der Waals surface area contributed by atoms with E-state index in [1.807, 2.05) is 0 Å². The monoisotopic (exact) mass is 1010 g/mol. The van der Waals surface area contributed by atoms with Crippen molar-refractivity contribution in [1.82, 2.24) is 0 Å². The average molecular weight is 1010 g/mol. The third kappa shape index (κ3) is 58.0. The van der Waals surface area contributed by atoms with E-state index in [0.717, 1.165) is 103 Å². The lowest BCUT2D eigenvalue weighted by Gasteiger charge is -2.18. The molecule has 0 aliphatic heterocycles. The fourth-order valence-corrected chi connectivity index (χ4v) is 9.12. The Labute approximate surface area is 447 Å². The van der Waals surface area contributed by atoms with Gasteiger partial charge in [0.15, 0.2) is 6.10 Å². The summed E-state index contributed by atoms with van der Waals surface area (Å²) in [5.41, 5.74) is 0. The SMILES string of the molecule is CC/C=C\C/C=C\C/C=C\C/C=C\C/C=C\CCCCCCCCCCCC(=O)OCC(COC(=O)CCCCCCC)OC(=O)CCCCCCCCCCCCCCCCCCCCCCCCCC. The number of ether oxygens (including phenoxy) is 3. The number of hydrogen-bond donors (Lipinski definition) is 0. The Morgan fingerprint density at radius 1 is 0.292 bits per heavy atom. The molecule has 1 atom stereocenters. The molecular weight excluding hydrogens is 889 g/mol. The highest BCUT2D eigenvalue weighted by molar-refractivity contribution is 5.71. The third-order valence-electron chi connectivity index (χ3n) is 13.8. The van der Waals surface area contributed by atoms with Crippen molar-refractivity contribution < 1.29 is 28.6 Å². The van der Waals surface area contributed by atoms with Crippen LogP contribution in [0.15, 0.2) is 60.8 Å². The Bertz CT molecular complexity index is 1290. The van der Waals surface area contributed by atoms with Gasteiger partial charge in [-0.1, -0.05) is 300 Å². The summed E-state index contributed by atoms with van der Waals surface area (Å²) in [6.07, 6.45) is 77.1. The molecule has 418 valence electrons. The first-order valence-corrected chi connectivity index (χ1v) is 31.3. The van der Waals surface area contributed by atoms with Crippen LogP contribution in [0.1, 0.15) is 323 Å². The predicted octanol–water partition coefficient (Wildman–Crippen LogP) is 21.2. The number of carbonyl (C=O) groups is 3. The zero-order chi connectivity index (χ0) is 52.2. The lowest BCUT2D eigenvalue weighted by molar-refractivity contribution is -0.167. The molecule has 0 aromatic carbocycles. The fourth-order valence-electron chi connectivity index (χ4n) is 9.12. The highest BCUT2D eigenvalue weighted by Gasteiger charge is 2.19. The molecule has 1 unspecified atom stereocenters. The summed E-state index contributed by atoms with van der Waals surface area (Å²) < 4.78 is 16.8. The predicted molar refractivity (Wildman–Crippen MR) is 312 cm³/mol. The molecule has 0 rings (SSSR count). The van der Waals surface area contributed by atoms with Gasteiger partial charge in [0.1, 0.15) is 13.2 Å². The highest BCUT2D eigenvalue weighted by Crippen LogP contribution is 2.17. The van der Waals surface area contributed by atoms with E-state index >= 15 is 0 Å². The number of esters is 3. The lowest BCUT2D eigenvalue weighted by atomic mass is 10.0. The first-order valence-electron chi connectivity index (χ1n) is 31.3. The van der Waals surface area contributed by atoms with Gasteiger partial charge in [0.25, 0.3) is 0 Å². The van der Waals surface area contributed by atoms with E-state index in [1.54, 1.807) is 0 Å². The summed E-state index contributed by atoms with van der Waals surface area (Å²) in [5.74, 6) is -0.878. The van der Waals surface area contributed by atoms with Gasteiger partial charge in [-0.2, -0.15) is 0 Å². The first kappa shape index (κ1) is 69.1. The molecule has 0 aromatic heterocycles. The average Bonchev–Trinajstić information content (AvgIpc) is 3.38. The number of allylic oxidation sites excluding steroid dienone is 10. The molecule has 0 aliphatic carbocycles. The van der Waals surface area contributed by atoms with Crippen LogP contribution in [-0.2, 0) is 28.6 Å². The van der Waals surface area contributed by atoms with Crippen molar-refractivity contribution >= 4 is 17.9 Å². The van der Waals surface area contributed by atoms with Gasteiger partial charge in [-0.05, 0) is 64.2 Å². The minimum Gasteiger partial charge on any atom is -0.462 e. The molecule has 0 aromatic rings. The summed E-state index contributed by atoms with van der Waals surface area (Å²) in [6.45, 7) is 6.48. The molecule has 6 heteroatoms. The van der Waals surface area contributed by atoms with Gasteiger partial charge >= 0.3 is 17.9 Å². The molecule has 0 spiro atoms. The minimum absolute atomic E-state index is 0.0738. The Morgan fingerprint density at radius 2 is 0.542 bits per heavy atom. The van der Waals surface area contributed by atoms with Crippen LogP contribution >= 0.6 is 0 Å². The number of carbonyl (C=O) groups excluding carboxylic acids is 3. The summed E-state index contributed by atoms with van der Waals surface area (Å²) in [6, 6.07) is 0. The lowest BCUT2D eigenvalue weighted by Crippen LogP contribution is -2.30. The number of rotatable bonds is 57. The van der Waals surface area contributed by atoms with Crippen molar-refractivity contribution in [2.24, 2.45) is 0 Å². The van der Waals surface area contributed by atoms with E-state index in [1.165, 1.54) is 180 Å². The second kappa shape index (κ2) is 60.7. The van der Waals surface area contributed by atoms with Gasteiger partial charge in [-0.15, -0.1) is 0 Å². The first-order chi connectivity index (χ1) is 35.5. The van der Waals surface area contributed by atoms with Gasteiger partial charge in [-0.25, -0.2) is 0 Å². The zero-order valence-corrected chi connectivity index (χ0v) is 47.9. The van der Waals surface area contributed by atoms with E-state index in [2.05, 4.69) is 81.5 Å². The maximum atomic E-state index is 12.8. The van der Waals surface area contributed by atoms with E-state index in [9.17, 15) is 14.4 Å². The summed E-state index contributed by atoms with van der Waals surface area (Å²) in [7, 11) is 0.